The minimum absolute atomic E-state index is 0.0358. The number of carboxylic acids is 1. The molecule has 2 fully saturated rings. The summed E-state index contributed by atoms with van der Waals surface area (Å²) in [7, 11) is 0. The summed E-state index contributed by atoms with van der Waals surface area (Å²) in [6.45, 7) is 5.20. The van der Waals surface area contributed by atoms with Crippen molar-refractivity contribution in [3.05, 3.63) is 29.8 Å². The Bertz CT molecular complexity index is 698. The quantitative estimate of drug-likeness (QED) is 0.910. The maximum Gasteiger partial charge on any atom is 0.311 e. The van der Waals surface area contributed by atoms with Crippen LogP contribution in [0.2, 0.25) is 0 Å². The molecule has 0 aliphatic carbocycles. The molecule has 1 aromatic carbocycles. The molecule has 1 N–H and O–H groups in total. The molecule has 2 saturated heterocycles. The number of carbonyl (C=O) groups is 3. The SMILES string of the molecule is CC(C)C1(C(=O)O)CCN(C(=O)c2ccc(N3CCCC3=O)cc2)C1. The van der Waals surface area contributed by atoms with E-state index in [0.717, 1.165) is 12.1 Å². The number of rotatable bonds is 4. The highest BCUT2D eigenvalue weighted by molar-refractivity contribution is 5.98. The molecule has 1 atom stereocenters. The monoisotopic (exact) mass is 344 g/mol. The molecule has 0 spiro atoms. The van der Waals surface area contributed by atoms with Crippen LogP contribution in [0, 0.1) is 11.3 Å². The van der Waals surface area contributed by atoms with Crippen LogP contribution in [0.3, 0.4) is 0 Å². The van der Waals surface area contributed by atoms with Gasteiger partial charge >= 0.3 is 5.97 Å². The fourth-order valence-corrected chi connectivity index (χ4v) is 3.79. The topological polar surface area (TPSA) is 77.9 Å². The zero-order chi connectivity index (χ0) is 18.2. The minimum Gasteiger partial charge on any atom is -0.481 e. The lowest BCUT2D eigenvalue weighted by atomic mass is 9.76. The molecule has 3 rings (SSSR count). The second-order valence-corrected chi connectivity index (χ2v) is 7.29. The number of anilines is 1. The van der Waals surface area contributed by atoms with Gasteiger partial charge in [-0.25, -0.2) is 0 Å². The number of aliphatic carboxylic acids is 1. The van der Waals surface area contributed by atoms with E-state index in [1.807, 2.05) is 13.8 Å². The van der Waals surface area contributed by atoms with Crippen molar-refractivity contribution in [2.45, 2.75) is 33.1 Å². The first-order valence-electron chi connectivity index (χ1n) is 8.78. The number of benzene rings is 1. The van der Waals surface area contributed by atoms with Crippen LogP contribution in [0.1, 0.15) is 43.5 Å². The Morgan fingerprint density at radius 3 is 2.32 bits per heavy atom. The zero-order valence-electron chi connectivity index (χ0n) is 14.7. The van der Waals surface area contributed by atoms with Gasteiger partial charge in [0.15, 0.2) is 0 Å². The van der Waals surface area contributed by atoms with Crippen molar-refractivity contribution in [1.29, 1.82) is 0 Å². The molecule has 2 aliphatic heterocycles. The number of carboxylic acid groups (broad SMARTS) is 1. The van der Waals surface area contributed by atoms with Crippen molar-refractivity contribution in [1.82, 2.24) is 4.90 Å². The average Bonchev–Trinajstić information content (AvgIpc) is 3.21. The van der Waals surface area contributed by atoms with Crippen LogP contribution in [-0.4, -0.2) is 47.4 Å². The third-order valence-electron chi connectivity index (χ3n) is 5.62. The first kappa shape index (κ1) is 17.5. The van der Waals surface area contributed by atoms with E-state index in [9.17, 15) is 19.5 Å². The Kier molecular flexibility index (Phi) is 4.54. The maximum atomic E-state index is 12.7. The molecule has 2 heterocycles. The smallest absolute Gasteiger partial charge is 0.311 e. The van der Waals surface area contributed by atoms with Gasteiger partial charge in [0.2, 0.25) is 5.91 Å². The van der Waals surface area contributed by atoms with Crippen LogP contribution in [-0.2, 0) is 9.59 Å². The van der Waals surface area contributed by atoms with Crippen LogP contribution in [0.4, 0.5) is 5.69 Å². The predicted molar refractivity (Wildman–Crippen MR) is 93.5 cm³/mol. The van der Waals surface area contributed by atoms with Crippen LogP contribution in [0.5, 0.6) is 0 Å². The summed E-state index contributed by atoms with van der Waals surface area (Å²) < 4.78 is 0. The zero-order valence-corrected chi connectivity index (χ0v) is 14.7. The van der Waals surface area contributed by atoms with Crippen LogP contribution < -0.4 is 4.90 Å². The van der Waals surface area contributed by atoms with Crippen molar-refractivity contribution < 1.29 is 19.5 Å². The lowest BCUT2D eigenvalue weighted by Crippen LogP contribution is -2.40. The molecule has 0 bridgehead atoms. The van der Waals surface area contributed by atoms with Gasteiger partial charge in [0.1, 0.15) is 0 Å². The third-order valence-corrected chi connectivity index (χ3v) is 5.62. The molecule has 6 nitrogen and oxygen atoms in total. The largest absolute Gasteiger partial charge is 0.481 e. The Labute approximate surface area is 147 Å². The van der Waals surface area contributed by atoms with Gasteiger partial charge in [0.05, 0.1) is 5.41 Å². The Morgan fingerprint density at radius 2 is 1.84 bits per heavy atom. The summed E-state index contributed by atoms with van der Waals surface area (Å²) in [6.07, 6.45) is 1.91. The molecule has 0 aromatic heterocycles. The summed E-state index contributed by atoms with van der Waals surface area (Å²) in [5.74, 6) is -0.906. The van der Waals surface area contributed by atoms with Crippen molar-refractivity contribution >= 4 is 23.5 Å². The standard InChI is InChI=1S/C19H24N2O4/c1-13(2)19(18(24)25)9-11-20(12-19)17(23)14-5-7-15(8-6-14)21-10-3-4-16(21)22/h5-8,13H,3-4,9-12H2,1-2H3,(H,24,25). The molecule has 25 heavy (non-hydrogen) atoms. The Balaban J connectivity index is 1.73. The first-order chi connectivity index (χ1) is 11.8. The highest BCUT2D eigenvalue weighted by Gasteiger charge is 2.48. The molecule has 0 radical (unpaired) electrons. The highest BCUT2D eigenvalue weighted by atomic mass is 16.4. The fraction of sp³-hybridized carbons (Fsp3) is 0.526. The van der Waals surface area contributed by atoms with E-state index in [4.69, 9.17) is 0 Å². The van der Waals surface area contributed by atoms with E-state index < -0.39 is 11.4 Å². The van der Waals surface area contributed by atoms with Crippen molar-refractivity contribution in [2.24, 2.45) is 11.3 Å². The van der Waals surface area contributed by atoms with E-state index >= 15 is 0 Å². The Morgan fingerprint density at radius 1 is 1.16 bits per heavy atom. The lowest BCUT2D eigenvalue weighted by Gasteiger charge is -2.28. The van der Waals surface area contributed by atoms with E-state index in [-0.39, 0.29) is 24.3 Å². The molecule has 2 amide bonds. The van der Waals surface area contributed by atoms with Gasteiger partial charge < -0.3 is 14.9 Å². The van der Waals surface area contributed by atoms with E-state index in [1.54, 1.807) is 34.1 Å². The van der Waals surface area contributed by atoms with E-state index in [2.05, 4.69) is 0 Å². The minimum atomic E-state index is -0.864. The third kappa shape index (κ3) is 3.01. The van der Waals surface area contributed by atoms with Crippen LogP contribution in [0.25, 0.3) is 0 Å². The van der Waals surface area contributed by atoms with Crippen molar-refractivity contribution in [3.63, 3.8) is 0 Å². The molecule has 1 unspecified atom stereocenters. The van der Waals surface area contributed by atoms with Gasteiger partial charge in [-0.3, -0.25) is 14.4 Å². The second kappa shape index (κ2) is 6.50. The lowest BCUT2D eigenvalue weighted by molar-refractivity contribution is -0.150. The summed E-state index contributed by atoms with van der Waals surface area (Å²) in [5, 5.41) is 9.61. The highest BCUT2D eigenvalue weighted by Crippen LogP contribution is 2.38. The van der Waals surface area contributed by atoms with Gasteiger partial charge in [-0.1, -0.05) is 13.8 Å². The van der Waals surface area contributed by atoms with E-state index in [0.29, 0.717) is 31.5 Å². The number of carbonyl (C=O) groups excluding carboxylic acids is 2. The predicted octanol–water partition coefficient (Wildman–Crippen LogP) is 2.39. The van der Waals surface area contributed by atoms with Gasteiger partial charge in [0, 0.05) is 37.3 Å². The van der Waals surface area contributed by atoms with Crippen LogP contribution >= 0.6 is 0 Å². The maximum absolute atomic E-state index is 12.7. The number of hydrogen-bond donors (Lipinski definition) is 1. The van der Waals surface area contributed by atoms with Crippen molar-refractivity contribution in [2.75, 3.05) is 24.5 Å². The Hall–Kier alpha value is -2.37. The molecular weight excluding hydrogens is 320 g/mol. The molecule has 2 aliphatic rings. The summed E-state index contributed by atoms with van der Waals surface area (Å²) in [6, 6.07) is 7.03. The number of hydrogen-bond acceptors (Lipinski definition) is 3. The molecule has 1 aromatic rings. The summed E-state index contributed by atoms with van der Waals surface area (Å²) >= 11 is 0. The van der Waals surface area contributed by atoms with Crippen LogP contribution in [0.15, 0.2) is 24.3 Å². The normalized spacial score (nSPS) is 23.6. The van der Waals surface area contributed by atoms with Gasteiger partial charge in [-0.2, -0.15) is 0 Å². The summed E-state index contributed by atoms with van der Waals surface area (Å²) in [5.41, 5.74) is 0.472. The first-order valence-corrected chi connectivity index (χ1v) is 8.78. The molecular formula is C19H24N2O4. The number of nitrogens with zero attached hydrogens (tertiary/aromatic N) is 2. The number of likely N-dealkylation sites (tertiary alicyclic amines) is 1. The molecule has 134 valence electrons. The molecule has 0 saturated carbocycles. The fourth-order valence-electron chi connectivity index (χ4n) is 3.79. The van der Waals surface area contributed by atoms with Gasteiger partial charge in [-0.05, 0) is 43.0 Å². The van der Waals surface area contributed by atoms with Crippen molar-refractivity contribution in [3.8, 4) is 0 Å². The number of amides is 2. The average molecular weight is 344 g/mol. The second-order valence-electron chi connectivity index (χ2n) is 7.29. The molecule has 6 heteroatoms. The van der Waals surface area contributed by atoms with Gasteiger partial charge in [0.25, 0.3) is 5.91 Å². The van der Waals surface area contributed by atoms with E-state index in [1.165, 1.54) is 0 Å². The van der Waals surface area contributed by atoms with Gasteiger partial charge in [-0.15, -0.1) is 0 Å². The summed E-state index contributed by atoms with van der Waals surface area (Å²) in [4.78, 5) is 39.6.